The molecule has 1 aliphatic carbocycles. The Kier molecular flexibility index (Phi) is 4.35. The SMILES string of the molecule is CNC1C(N2CCC(N(C)C)CC2)CCC1(C)C. The molecular formula is C15H31N3. The molecule has 2 rings (SSSR count). The minimum Gasteiger partial charge on any atom is -0.315 e. The summed E-state index contributed by atoms with van der Waals surface area (Å²) >= 11 is 0. The van der Waals surface area contributed by atoms with Crippen LogP contribution in [0, 0.1) is 5.41 Å². The molecule has 0 radical (unpaired) electrons. The molecule has 0 amide bonds. The predicted octanol–water partition coefficient (Wildman–Crippen LogP) is 1.79. The largest absolute Gasteiger partial charge is 0.315 e. The fourth-order valence-electron chi connectivity index (χ4n) is 4.07. The van der Waals surface area contributed by atoms with E-state index in [1.165, 1.54) is 38.8 Å². The van der Waals surface area contributed by atoms with Gasteiger partial charge in [-0.1, -0.05) is 13.8 Å². The highest BCUT2D eigenvalue weighted by Crippen LogP contribution is 2.40. The summed E-state index contributed by atoms with van der Waals surface area (Å²) in [6, 6.07) is 2.21. The molecule has 0 aromatic carbocycles. The molecule has 2 fully saturated rings. The molecule has 0 aromatic rings. The third kappa shape index (κ3) is 2.73. The molecule has 2 atom stereocenters. The molecule has 0 aromatic heterocycles. The Morgan fingerprint density at radius 2 is 1.72 bits per heavy atom. The van der Waals surface area contributed by atoms with Crippen LogP contribution in [0.3, 0.4) is 0 Å². The van der Waals surface area contributed by atoms with Gasteiger partial charge in [-0.05, 0) is 65.3 Å². The average Bonchev–Trinajstić information content (AvgIpc) is 2.64. The normalized spacial score (nSPS) is 34.3. The van der Waals surface area contributed by atoms with E-state index in [0.29, 0.717) is 11.5 Å². The van der Waals surface area contributed by atoms with Crippen LogP contribution in [0.1, 0.15) is 39.5 Å². The maximum Gasteiger partial charge on any atom is 0.0271 e. The second kappa shape index (κ2) is 5.48. The van der Waals surface area contributed by atoms with Crippen molar-refractivity contribution in [2.45, 2.75) is 57.7 Å². The van der Waals surface area contributed by atoms with Crippen LogP contribution in [0.25, 0.3) is 0 Å². The van der Waals surface area contributed by atoms with Gasteiger partial charge in [-0.2, -0.15) is 0 Å². The highest BCUT2D eigenvalue weighted by Gasteiger charge is 2.44. The summed E-state index contributed by atoms with van der Waals surface area (Å²) in [5, 5.41) is 3.58. The third-order valence-electron chi connectivity index (χ3n) is 5.32. The zero-order chi connectivity index (χ0) is 13.3. The van der Waals surface area contributed by atoms with Crippen LogP contribution in [0.2, 0.25) is 0 Å². The number of likely N-dealkylation sites (tertiary alicyclic amines) is 1. The molecule has 3 heteroatoms. The van der Waals surface area contributed by atoms with Crippen LogP contribution in [0.4, 0.5) is 0 Å². The first-order valence-electron chi connectivity index (χ1n) is 7.53. The Labute approximate surface area is 113 Å². The Hall–Kier alpha value is -0.120. The van der Waals surface area contributed by atoms with Crippen molar-refractivity contribution in [3.8, 4) is 0 Å². The van der Waals surface area contributed by atoms with E-state index < -0.39 is 0 Å². The molecule has 1 saturated carbocycles. The second-order valence-corrected chi connectivity index (χ2v) is 7.09. The lowest BCUT2D eigenvalue weighted by Gasteiger charge is -2.42. The summed E-state index contributed by atoms with van der Waals surface area (Å²) in [4.78, 5) is 5.14. The monoisotopic (exact) mass is 253 g/mol. The molecule has 0 bridgehead atoms. The summed E-state index contributed by atoms with van der Waals surface area (Å²) in [5.41, 5.74) is 0.456. The Morgan fingerprint density at radius 1 is 1.11 bits per heavy atom. The van der Waals surface area contributed by atoms with E-state index in [-0.39, 0.29) is 0 Å². The van der Waals surface area contributed by atoms with Gasteiger partial charge in [0.25, 0.3) is 0 Å². The molecule has 1 N–H and O–H groups in total. The molecule has 0 spiro atoms. The van der Waals surface area contributed by atoms with Crippen LogP contribution in [-0.2, 0) is 0 Å². The van der Waals surface area contributed by atoms with Gasteiger partial charge < -0.3 is 10.2 Å². The lowest BCUT2D eigenvalue weighted by atomic mass is 9.86. The number of rotatable bonds is 3. The van der Waals surface area contributed by atoms with Crippen molar-refractivity contribution >= 4 is 0 Å². The van der Waals surface area contributed by atoms with Crippen molar-refractivity contribution in [2.75, 3.05) is 34.2 Å². The fraction of sp³-hybridized carbons (Fsp3) is 1.00. The van der Waals surface area contributed by atoms with Crippen LogP contribution in [0.5, 0.6) is 0 Å². The van der Waals surface area contributed by atoms with E-state index in [0.717, 1.165) is 12.1 Å². The van der Waals surface area contributed by atoms with Crippen molar-refractivity contribution in [1.82, 2.24) is 15.1 Å². The predicted molar refractivity (Wildman–Crippen MR) is 77.9 cm³/mol. The van der Waals surface area contributed by atoms with E-state index in [1.54, 1.807) is 0 Å². The minimum atomic E-state index is 0.456. The van der Waals surface area contributed by atoms with Crippen LogP contribution in [0.15, 0.2) is 0 Å². The summed E-state index contributed by atoms with van der Waals surface area (Å²) in [5.74, 6) is 0. The molecule has 1 saturated heterocycles. The maximum absolute atomic E-state index is 3.58. The first-order valence-corrected chi connectivity index (χ1v) is 7.53. The van der Waals surface area contributed by atoms with Crippen molar-refractivity contribution in [3.63, 3.8) is 0 Å². The first-order chi connectivity index (χ1) is 8.45. The van der Waals surface area contributed by atoms with Crippen molar-refractivity contribution in [2.24, 2.45) is 5.41 Å². The van der Waals surface area contributed by atoms with Gasteiger partial charge in [0, 0.05) is 18.1 Å². The van der Waals surface area contributed by atoms with Gasteiger partial charge in [0.1, 0.15) is 0 Å². The number of likely N-dealkylation sites (N-methyl/N-ethyl adjacent to an activating group) is 1. The Morgan fingerprint density at radius 3 is 2.22 bits per heavy atom. The number of hydrogen-bond acceptors (Lipinski definition) is 3. The van der Waals surface area contributed by atoms with Crippen molar-refractivity contribution in [1.29, 1.82) is 0 Å². The highest BCUT2D eigenvalue weighted by molar-refractivity contribution is 5.01. The maximum atomic E-state index is 3.58. The Balaban J connectivity index is 1.94. The quantitative estimate of drug-likeness (QED) is 0.827. The first kappa shape index (κ1) is 14.3. The standard InChI is InChI=1S/C15H31N3/c1-15(2)9-6-13(14(15)16-3)18-10-7-12(8-11-18)17(4)5/h12-14,16H,6-11H2,1-5H3. The van der Waals surface area contributed by atoms with E-state index in [4.69, 9.17) is 0 Å². The molecule has 2 unspecified atom stereocenters. The zero-order valence-electron chi connectivity index (χ0n) is 12.9. The number of nitrogens with zero attached hydrogens (tertiary/aromatic N) is 2. The summed E-state index contributed by atoms with van der Waals surface area (Å²) in [6.45, 7) is 7.39. The van der Waals surface area contributed by atoms with Crippen LogP contribution < -0.4 is 5.32 Å². The lowest BCUT2D eigenvalue weighted by molar-refractivity contribution is 0.0883. The fourth-order valence-corrected chi connectivity index (χ4v) is 4.07. The summed E-state index contributed by atoms with van der Waals surface area (Å²) < 4.78 is 0. The number of hydrogen-bond donors (Lipinski definition) is 1. The van der Waals surface area contributed by atoms with Crippen LogP contribution in [-0.4, -0.2) is 62.2 Å². The van der Waals surface area contributed by atoms with Crippen molar-refractivity contribution in [3.05, 3.63) is 0 Å². The van der Waals surface area contributed by atoms with Gasteiger partial charge in [-0.3, -0.25) is 4.90 Å². The highest BCUT2D eigenvalue weighted by atomic mass is 15.2. The van der Waals surface area contributed by atoms with Crippen molar-refractivity contribution < 1.29 is 0 Å². The smallest absolute Gasteiger partial charge is 0.0271 e. The Bertz CT molecular complexity index is 267. The van der Waals surface area contributed by atoms with E-state index in [1.807, 2.05) is 0 Å². The van der Waals surface area contributed by atoms with Gasteiger partial charge >= 0.3 is 0 Å². The number of nitrogens with one attached hydrogen (secondary N) is 1. The van der Waals surface area contributed by atoms with Gasteiger partial charge in [-0.25, -0.2) is 0 Å². The van der Waals surface area contributed by atoms with E-state index in [2.05, 4.69) is 50.1 Å². The molecule has 106 valence electrons. The van der Waals surface area contributed by atoms with Crippen LogP contribution >= 0.6 is 0 Å². The minimum absolute atomic E-state index is 0.456. The molecule has 3 nitrogen and oxygen atoms in total. The summed E-state index contributed by atoms with van der Waals surface area (Å²) in [7, 11) is 6.57. The average molecular weight is 253 g/mol. The molecule has 2 aliphatic rings. The lowest BCUT2D eigenvalue weighted by Crippen LogP contribution is -2.54. The molecular weight excluding hydrogens is 222 g/mol. The zero-order valence-corrected chi connectivity index (χ0v) is 12.9. The van der Waals surface area contributed by atoms with Gasteiger partial charge in [-0.15, -0.1) is 0 Å². The molecule has 1 aliphatic heterocycles. The van der Waals surface area contributed by atoms with Gasteiger partial charge in [0.2, 0.25) is 0 Å². The third-order valence-corrected chi connectivity index (χ3v) is 5.32. The van der Waals surface area contributed by atoms with E-state index in [9.17, 15) is 0 Å². The molecule has 1 heterocycles. The van der Waals surface area contributed by atoms with Gasteiger partial charge in [0.15, 0.2) is 0 Å². The van der Waals surface area contributed by atoms with Gasteiger partial charge in [0.05, 0.1) is 0 Å². The topological polar surface area (TPSA) is 18.5 Å². The summed E-state index contributed by atoms with van der Waals surface area (Å²) in [6.07, 6.45) is 5.39. The second-order valence-electron chi connectivity index (χ2n) is 7.09. The number of piperidine rings is 1. The van der Waals surface area contributed by atoms with E-state index >= 15 is 0 Å². The molecule has 18 heavy (non-hydrogen) atoms.